The molecular formula is C15H17N3O3S. The summed E-state index contributed by atoms with van der Waals surface area (Å²) in [6.45, 7) is 2.29. The lowest BCUT2D eigenvalue weighted by Gasteiger charge is -2.07. The van der Waals surface area contributed by atoms with Gasteiger partial charge in [-0.15, -0.1) is 0 Å². The summed E-state index contributed by atoms with van der Waals surface area (Å²) >= 11 is 1.46. The van der Waals surface area contributed by atoms with Crippen molar-refractivity contribution in [2.45, 2.75) is 20.1 Å². The van der Waals surface area contributed by atoms with Crippen molar-refractivity contribution in [1.82, 2.24) is 14.6 Å². The van der Waals surface area contributed by atoms with Crippen LogP contribution in [0.1, 0.15) is 16.3 Å². The summed E-state index contributed by atoms with van der Waals surface area (Å²) in [7, 11) is 3.28. The SMILES string of the molecule is COCc1nn2c(CO)c(-c3ccc(OC)c(C)c3)nc2s1. The van der Waals surface area contributed by atoms with Crippen molar-refractivity contribution in [2.75, 3.05) is 14.2 Å². The highest BCUT2D eigenvalue weighted by Gasteiger charge is 2.18. The lowest BCUT2D eigenvalue weighted by Crippen LogP contribution is -1.97. The standard InChI is InChI=1S/C15H17N3O3S/c1-9-6-10(4-5-12(9)21-3)14-11(7-19)18-15(16-14)22-13(17-18)8-20-2/h4-6,19H,7-8H2,1-3H3. The number of ether oxygens (including phenoxy) is 2. The van der Waals surface area contributed by atoms with Crippen LogP contribution in [0.25, 0.3) is 16.2 Å². The first kappa shape index (κ1) is 15.0. The fourth-order valence-electron chi connectivity index (χ4n) is 2.41. The molecule has 0 spiro atoms. The van der Waals surface area contributed by atoms with Gasteiger partial charge in [-0.05, 0) is 30.7 Å². The molecular weight excluding hydrogens is 302 g/mol. The predicted molar refractivity (Wildman–Crippen MR) is 84.2 cm³/mol. The van der Waals surface area contributed by atoms with Crippen LogP contribution in [0.2, 0.25) is 0 Å². The number of hydrogen-bond donors (Lipinski definition) is 1. The normalized spacial score (nSPS) is 11.3. The Labute approximate surface area is 132 Å². The molecule has 1 N–H and O–H groups in total. The summed E-state index contributed by atoms with van der Waals surface area (Å²) in [4.78, 5) is 5.37. The first-order valence-corrected chi connectivity index (χ1v) is 7.61. The molecule has 0 aliphatic heterocycles. The number of aliphatic hydroxyl groups excluding tert-OH is 1. The number of nitrogens with zero attached hydrogens (tertiary/aromatic N) is 3. The molecule has 2 heterocycles. The van der Waals surface area contributed by atoms with E-state index in [1.165, 1.54) is 11.3 Å². The second-order valence-corrected chi connectivity index (χ2v) is 5.91. The highest BCUT2D eigenvalue weighted by atomic mass is 32.1. The van der Waals surface area contributed by atoms with Crippen molar-refractivity contribution in [1.29, 1.82) is 0 Å². The van der Waals surface area contributed by atoms with Gasteiger partial charge in [0.2, 0.25) is 4.96 Å². The molecule has 116 valence electrons. The van der Waals surface area contributed by atoms with Crippen molar-refractivity contribution >= 4 is 16.3 Å². The Balaban J connectivity index is 2.10. The Kier molecular flexibility index (Phi) is 4.10. The van der Waals surface area contributed by atoms with E-state index in [1.54, 1.807) is 18.7 Å². The third kappa shape index (κ3) is 2.47. The summed E-state index contributed by atoms with van der Waals surface area (Å²) in [6, 6.07) is 5.84. The molecule has 0 aliphatic carbocycles. The molecule has 0 saturated heterocycles. The van der Waals surface area contributed by atoms with Crippen LogP contribution in [-0.2, 0) is 18.0 Å². The van der Waals surface area contributed by atoms with E-state index in [0.29, 0.717) is 12.3 Å². The summed E-state index contributed by atoms with van der Waals surface area (Å²) in [6.07, 6.45) is 0. The van der Waals surface area contributed by atoms with Gasteiger partial charge in [0, 0.05) is 12.7 Å². The molecule has 0 aliphatic rings. The number of hydrogen-bond acceptors (Lipinski definition) is 6. The van der Waals surface area contributed by atoms with E-state index >= 15 is 0 Å². The molecule has 7 heteroatoms. The minimum Gasteiger partial charge on any atom is -0.496 e. The third-order valence-corrected chi connectivity index (χ3v) is 4.31. The zero-order valence-electron chi connectivity index (χ0n) is 12.7. The van der Waals surface area contributed by atoms with E-state index in [-0.39, 0.29) is 6.61 Å². The Hall–Kier alpha value is -1.96. The van der Waals surface area contributed by atoms with Crippen molar-refractivity contribution < 1.29 is 14.6 Å². The summed E-state index contributed by atoms with van der Waals surface area (Å²) in [5.41, 5.74) is 3.38. The average molecular weight is 319 g/mol. The maximum Gasteiger partial charge on any atom is 0.213 e. The fraction of sp³-hybridized carbons (Fsp3) is 0.333. The number of imidazole rings is 1. The lowest BCUT2D eigenvalue weighted by atomic mass is 10.1. The van der Waals surface area contributed by atoms with Gasteiger partial charge in [-0.3, -0.25) is 0 Å². The smallest absolute Gasteiger partial charge is 0.213 e. The van der Waals surface area contributed by atoms with Gasteiger partial charge in [0.25, 0.3) is 0 Å². The number of aryl methyl sites for hydroxylation is 1. The van der Waals surface area contributed by atoms with Crippen LogP contribution in [0, 0.1) is 6.92 Å². The first-order chi connectivity index (χ1) is 10.7. The van der Waals surface area contributed by atoms with E-state index in [4.69, 9.17) is 9.47 Å². The number of benzene rings is 1. The highest BCUT2D eigenvalue weighted by Crippen LogP contribution is 2.30. The Bertz CT molecular complexity index is 810. The summed E-state index contributed by atoms with van der Waals surface area (Å²) < 4.78 is 12.1. The minimum atomic E-state index is -0.127. The molecule has 0 bridgehead atoms. The molecule has 22 heavy (non-hydrogen) atoms. The van der Waals surface area contributed by atoms with Gasteiger partial charge in [0.1, 0.15) is 10.8 Å². The second-order valence-electron chi connectivity index (χ2n) is 4.87. The summed E-state index contributed by atoms with van der Waals surface area (Å²) in [5.74, 6) is 0.829. The van der Waals surface area contributed by atoms with Crippen LogP contribution in [0.4, 0.5) is 0 Å². The minimum absolute atomic E-state index is 0.127. The van der Waals surface area contributed by atoms with E-state index in [0.717, 1.165) is 32.5 Å². The molecule has 0 unspecified atom stereocenters. The molecule has 0 saturated carbocycles. The molecule has 0 atom stereocenters. The van der Waals surface area contributed by atoms with Gasteiger partial charge >= 0.3 is 0 Å². The van der Waals surface area contributed by atoms with E-state index in [1.807, 2.05) is 25.1 Å². The van der Waals surface area contributed by atoms with Crippen LogP contribution in [-0.4, -0.2) is 33.9 Å². The number of methoxy groups -OCH3 is 2. The molecule has 0 fully saturated rings. The van der Waals surface area contributed by atoms with Gasteiger partial charge in [0.05, 0.1) is 31.7 Å². The first-order valence-electron chi connectivity index (χ1n) is 6.80. The quantitative estimate of drug-likeness (QED) is 0.782. The van der Waals surface area contributed by atoms with Crippen LogP contribution < -0.4 is 4.74 Å². The van der Waals surface area contributed by atoms with E-state index < -0.39 is 0 Å². The molecule has 1 aromatic carbocycles. The van der Waals surface area contributed by atoms with Crippen molar-refractivity contribution in [3.63, 3.8) is 0 Å². The van der Waals surface area contributed by atoms with Gasteiger partial charge in [0.15, 0.2) is 0 Å². The monoisotopic (exact) mass is 319 g/mol. The topological polar surface area (TPSA) is 68.9 Å². The van der Waals surface area contributed by atoms with E-state index in [2.05, 4.69) is 10.1 Å². The maximum absolute atomic E-state index is 9.72. The zero-order valence-corrected chi connectivity index (χ0v) is 13.5. The third-order valence-electron chi connectivity index (χ3n) is 3.42. The zero-order chi connectivity index (χ0) is 15.7. The van der Waals surface area contributed by atoms with Crippen molar-refractivity contribution in [3.8, 4) is 17.0 Å². The van der Waals surface area contributed by atoms with E-state index in [9.17, 15) is 5.11 Å². The Morgan fingerprint density at radius 3 is 2.77 bits per heavy atom. The number of aliphatic hydroxyl groups is 1. The molecule has 3 aromatic rings. The highest BCUT2D eigenvalue weighted by molar-refractivity contribution is 7.16. The van der Waals surface area contributed by atoms with Gasteiger partial charge in [-0.2, -0.15) is 5.10 Å². The second kappa shape index (κ2) is 6.04. The van der Waals surface area contributed by atoms with Gasteiger partial charge in [-0.25, -0.2) is 9.50 Å². The average Bonchev–Trinajstić information content (AvgIpc) is 3.04. The fourth-order valence-corrected chi connectivity index (χ4v) is 3.29. The number of rotatable bonds is 5. The summed E-state index contributed by atoms with van der Waals surface area (Å²) in [5, 5.41) is 15.0. The Morgan fingerprint density at radius 2 is 2.14 bits per heavy atom. The molecule has 3 rings (SSSR count). The van der Waals surface area contributed by atoms with Gasteiger partial charge in [-0.1, -0.05) is 11.3 Å². The van der Waals surface area contributed by atoms with Crippen molar-refractivity contribution in [2.24, 2.45) is 0 Å². The van der Waals surface area contributed by atoms with Crippen LogP contribution in [0.5, 0.6) is 5.75 Å². The Morgan fingerprint density at radius 1 is 1.32 bits per heavy atom. The lowest BCUT2D eigenvalue weighted by molar-refractivity contribution is 0.183. The van der Waals surface area contributed by atoms with Crippen molar-refractivity contribution in [3.05, 3.63) is 34.5 Å². The molecule has 6 nitrogen and oxygen atoms in total. The molecule has 2 aromatic heterocycles. The number of aromatic nitrogens is 3. The van der Waals surface area contributed by atoms with Crippen LogP contribution >= 0.6 is 11.3 Å². The maximum atomic E-state index is 9.72. The largest absolute Gasteiger partial charge is 0.496 e. The predicted octanol–water partition coefficient (Wildman–Crippen LogP) is 2.41. The van der Waals surface area contributed by atoms with Crippen LogP contribution in [0.15, 0.2) is 18.2 Å². The number of fused-ring (bicyclic) bond motifs is 1. The molecule has 0 radical (unpaired) electrons. The molecule has 0 amide bonds. The van der Waals surface area contributed by atoms with Crippen LogP contribution in [0.3, 0.4) is 0 Å². The van der Waals surface area contributed by atoms with Gasteiger partial charge < -0.3 is 14.6 Å².